The molecule has 0 bridgehead atoms. The molecule has 15 heavy (non-hydrogen) atoms. The van der Waals surface area contributed by atoms with Gasteiger partial charge >= 0.3 is 5.97 Å². The summed E-state index contributed by atoms with van der Waals surface area (Å²) in [6.45, 7) is -0.650. The van der Waals surface area contributed by atoms with Gasteiger partial charge in [0.25, 0.3) is 0 Å². The highest BCUT2D eigenvalue weighted by atomic mass is 32.1. The fourth-order valence-corrected chi connectivity index (χ4v) is 1.47. The van der Waals surface area contributed by atoms with Gasteiger partial charge in [-0.25, -0.2) is 9.18 Å². The van der Waals surface area contributed by atoms with E-state index in [0.29, 0.717) is 5.75 Å². The Bertz CT molecular complexity index is 228. The lowest BCUT2D eigenvalue weighted by Crippen LogP contribution is -2.48. The summed E-state index contributed by atoms with van der Waals surface area (Å²) in [4.78, 5) is 12.1. The van der Waals surface area contributed by atoms with Gasteiger partial charge in [0.2, 0.25) is 0 Å². The third-order valence-electron chi connectivity index (χ3n) is 1.91. The monoisotopic (exact) mass is 237 g/mol. The Kier molecular flexibility index (Phi) is 7.06. The van der Waals surface area contributed by atoms with Crippen LogP contribution in [0.4, 0.5) is 4.39 Å². The minimum absolute atomic E-state index is 0.160. The van der Waals surface area contributed by atoms with Crippen LogP contribution in [-0.4, -0.2) is 53.4 Å². The third kappa shape index (κ3) is 4.48. The van der Waals surface area contributed by atoms with E-state index < -0.39 is 18.7 Å². The zero-order chi connectivity index (χ0) is 11.8. The molecule has 0 aromatic carbocycles. The second-order valence-electron chi connectivity index (χ2n) is 2.93. The van der Waals surface area contributed by atoms with Crippen molar-refractivity contribution in [2.24, 2.45) is 5.73 Å². The average Bonchev–Trinajstić information content (AvgIpc) is 2.21. The van der Waals surface area contributed by atoms with Crippen molar-refractivity contribution in [2.45, 2.75) is 12.5 Å². The quantitative estimate of drug-likeness (QED) is 0.284. The van der Waals surface area contributed by atoms with Gasteiger partial charge in [-0.05, 0) is 12.2 Å². The molecule has 88 valence electrons. The van der Waals surface area contributed by atoms with E-state index in [1.807, 2.05) is 0 Å². The topological polar surface area (TPSA) is 90.4 Å². The van der Waals surface area contributed by atoms with E-state index in [4.69, 9.17) is 16.2 Å². The number of nitrogens with zero attached hydrogens (tertiary/aromatic N) is 1. The minimum Gasteiger partial charge on any atom is -0.480 e. The number of carboxylic acid groups (broad SMARTS) is 1. The first-order valence-corrected chi connectivity index (χ1v) is 5.15. The van der Waals surface area contributed by atoms with Crippen molar-refractivity contribution in [2.75, 3.05) is 25.5 Å². The number of nitrogens with one attached hydrogen (secondary N) is 1. The summed E-state index contributed by atoms with van der Waals surface area (Å²) < 4.78 is 12.3. The van der Waals surface area contributed by atoms with E-state index in [9.17, 15) is 9.18 Å². The molecule has 1 atom stereocenters. The smallest absolute Gasteiger partial charge is 0.326 e. The number of amidine groups is 1. The molecule has 0 amide bonds. The van der Waals surface area contributed by atoms with E-state index in [1.54, 1.807) is 0 Å². The lowest BCUT2D eigenvalue weighted by atomic mass is 10.2. The van der Waals surface area contributed by atoms with Crippen molar-refractivity contribution in [3.05, 3.63) is 0 Å². The average molecular weight is 237 g/mol. The molecular formula is C8H16FN3O2S. The zero-order valence-corrected chi connectivity index (χ0v) is 9.21. The van der Waals surface area contributed by atoms with E-state index in [0.717, 1.165) is 0 Å². The van der Waals surface area contributed by atoms with Crippen LogP contribution in [0.2, 0.25) is 0 Å². The van der Waals surface area contributed by atoms with Crippen LogP contribution in [0.25, 0.3) is 0 Å². The van der Waals surface area contributed by atoms with Crippen molar-refractivity contribution in [3.8, 4) is 0 Å². The third-order valence-corrected chi connectivity index (χ3v) is 2.17. The number of hydrogen-bond acceptors (Lipinski definition) is 4. The largest absolute Gasteiger partial charge is 0.480 e. The van der Waals surface area contributed by atoms with Crippen LogP contribution in [0.15, 0.2) is 0 Å². The number of carbonyl (C=O) groups is 1. The molecule has 7 heteroatoms. The van der Waals surface area contributed by atoms with Gasteiger partial charge in [-0.15, -0.1) is 0 Å². The number of nitrogens with two attached hydrogens (primary N) is 1. The van der Waals surface area contributed by atoms with Gasteiger partial charge in [-0.1, -0.05) is 0 Å². The number of aliphatic carboxylic acids is 1. The van der Waals surface area contributed by atoms with E-state index >= 15 is 0 Å². The second kappa shape index (κ2) is 7.47. The fourth-order valence-electron chi connectivity index (χ4n) is 1.23. The van der Waals surface area contributed by atoms with Crippen molar-refractivity contribution in [1.82, 2.24) is 4.90 Å². The molecule has 5 nitrogen and oxygen atoms in total. The van der Waals surface area contributed by atoms with Gasteiger partial charge in [-0.3, -0.25) is 5.41 Å². The molecule has 0 saturated carbocycles. The molecular weight excluding hydrogens is 221 g/mol. The SMILES string of the molecule is N=C(CF)N(CCN)C(CCS)C(=O)O. The molecule has 0 aromatic heterocycles. The molecule has 4 N–H and O–H groups in total. The Labute approximate surface area is 93.4 Å². The molecule has 0 fully saturated rings. The molecule has 0 heterocycles. The van der Waals surface area contributed by atoms with E-state index in [-0.39, 0.29) is 25.3 Å². The Balaban J connectivity index is 4.66. The van der Waals surface area contributed by atoms with E-state index in [1.165, 1.54) is 4.90 Å². The van der Waals surface area contributed by atoms with Crippen LogP contribution in [0.5, 0.6) is 0 Å². The van der Waals surface area contributed by atoms with E-state index in [2.05, 4.69) is 12.6 Å². The summed E-state index contributed by atoms with van der Waals surface area (Å²) in [6.07, 6.45) is 0.251. The number of halogens is 1. The Morgan fingerprint density at radius 1 is 1.67 bits per heavy atom. The summed E-state index contributed by atoms with van der Waals surface area (Å²) in [6, 6.07) is -0.922. The van der Waals surface area contributed by atoms with Gasteiger partial charge in [0.1, 0.15) is 18.6 Å². The summed E-state index contributed by atoms with van der Waals surface area (Å²) in [5.41, 5.74) is 5.28. The number of alkyl halides is 1. The molecule has 0 aromatic rings. The van der Waals surface area contributed by atoms with Crippen LogP contribution in [-0.2, 0) is 4.79 Å². The van der Waals surface area contributed by atoms with Gasteiger partial charge in [0.05, 0.1) is 0 Å². The molecule has 0 aliphatic rings. The Hall–Kier alpha value is -0.820. The number of carboxylic acids is 1. The van der Waals surface area contributed by atoms with Gasteiger partial charge < -0.3 is 15.7 Å². The lowest BCUT2D eigenvalue weighted by molar-refractivity contribution is -0.141. The first-order valence-electron chi connectivity index (χ1n) is 4.52. The molecule has 0 radical (unpaired) electrons. The lowest BCUT2D eigenvalue weighted by Gasteiger charge is -2.29. The summed E-state index contributed by atoms with van der Waals surface area (Å²) in [7, 11) is 0. The maximum absolute atomic E-state index is 12.3. The van der Waals surface area contributed by atoms with Crippen LogP contribution in [0.1, 0.15) is 6.42 Å². The molecule has 0 aliphatic heterocycles. The van der Waals surface area contributed by atoms with Gasteiger partial charge in [0, 0.05) is 13.1 Å². The normalized spacial score (nSPS) is 12.2. The minimum atomic E-state index is -1.09. The summed E-state index contributed by atoms with van der Waals surface area (Å²) >= 11 is 3.93. The van der Waals surface area contributed by atoms with Crippen molar-refractivity contribution < 1.29 is 14.3 Å². The maximum Gasteiger partial charge on any atom is 0.326 e. The number of thiol groups is 1. The Morgan fingerprint density at radius 2 is 2.27 bits per heavy atom. The zero-order valence-electron chi connectivity index (χ0n) is 8.32. The molecule has 0 aliphatic carbocycles. The summed E-state index contributed by atoms with van der Waals surface area (Å²) in [5.74, 6) is -1.08. The van der Waals surface area contributed by atoms with Crippen LogP contribution >= 0.6 is 12.6 Å². The molecule has 1 unspecified atom stereocenters. The van der Waals surface area contributed by atoms with Crippen molar-refractivity contribution in [3.63, 3.8) is 0 Å². The van der Waals surface area contributed by atoms with Crippen LogP contribution in [0.3, 0.4) is 0 Å². The Morgan fingerprint density at radius 3 is 2.60 bits per heavy atom. The van der Waals surface area contributed by atoms with Gasteiger partial charge in [-0.2, -0.15) is 12.6 Å². The first kappa shape index (κ1) is 14.2. The number of hydrogen-bond donors (Lipinski definition) is 4. The standard InChI is InChI=1S/C8H16FN3O2S/c9-5-7(11)12(3-2-10)6(1-4-15)8(13)14/h6,11,15H,1-5,10H2,(H,13,14). The summed E-state index contributed by atoms with van der Waals surface area (Å²) in [5, 5.41) is 16.2. The van der Waals surface area contributed by atoms with Crippen molar-refractivity contribution >= 4 is 24.4 Å². The molecule has 0 spiro atoms. The highest BCUT2D eigenvalue weighted by molar-refractivity contribution is 7.80. The fraction of sp³-hybridized carbons (Fsp3) is 0.750. The molecule has 0 saturated heterocycles. The highest BCUT2D eigenvalue weighted by Gasteiger charge is 2.26. The number of rotatable bonds is 7. The highest BCUT2D eigenvalue weighted by Crippen LogP contribution is 2.07. The molecule has 0 rings (SSSR count). The van der Waals surface area contributed by atoms with Gasteiger partial charge in [0.15, 0.2) is 0 Å². The van der Waals surface area contributed by atoms with Crippen molar-refractivity contribution in [1.29, 1.82) is 5.41 Å². The van der Waals surface area contributed by atoms with Crippen LogP contribution in [0, 0.1) is 5.41 Å². The van der Waals surface area contributed by atoms with Crippen LogP contribution < -0.4 is 5.73 Å². The first-order chi connectivity index (χ1) is 7.08. The maximum atomic E-state index is 12.3. The predicted octanol–water partition coefficient (Wildman–Crippen LogP) is -0.0330. The predicted molar refractivity (Wildman–Crippen MR) is 59.4 cm³/mol. The second-order valence-corrected chi connectivity index (χ2v) is 3.38.